The van der Waals surface area contributed by atoms with Crippen molar-refractivity contribution in [2.45, 2.75) is 99.1 Å². The molecule has 0 fully saturated rings. The predicted molar refractivity (Wildman–Crippen MR) is 211 cm³/mol. The Kier molecular flexibility index (Phi) is 28.1. The third-order valence-electron chi connectivity index (χ3n) is 8.25. The van der Waals surface area contributed by atoms with E-state index in [-0.39, 0.29) is 36.8 Å². The van der Waals surface area contributed by atoms with Gasteiger partial charge >= 0.3 is 5.97 Å². The van der Waals surface area contributed by atoms with E-state index in [1.54, 1.807) is 12.1 Å². The molecule has 2 N–H and O–H groups in total. The summed E-state index contributed by atoms with van der Waals surface area (Å²) in [6, 6.07) is 20.3. The molecule has 0 bridgehead atoms. The van der Waals surface area contributed by atoms with Crippen LogP contribution in [0.5, 0.6) is 0 Å². The van der Waals surface area contributed by atoms with Gasteiger partial charge in [0.15, 0.2) is 5.76 Å². The Morgan fingerprint density at radius 1 is 0.855 bits per heavy atom. The van der Waals surface area contributed by atoms with E-state index < -0.39 is 17.9 Å². The average Bonchev–Trinajstić information content (AvgIpc) is 3.71. The zero-order chi connectivity index (χ0) is 41.4. The Morgan fingerprint density at radius 2 is 1.51 bits per heavy atom. The van der Waals surface area contributed by atoms with Crippen molar-refractivity contribution in [3.05, 3.63) is 83.6 Å². The van der Waals surface area contributed by atoms with Crippen molar-refractivity contribution in [1.29, 1.82) is 0 Å². The van der Waals surface area contributed by atoms with E-state index in [1.807, 2.05) is 82.3 Å². The van der Waals surface area contributed by atoms with Crippen LogP contribution in [-0.2, 0) is 44.9 Å². The van der Waals surface area contributed by atoms with Crippen LogP contribution in [0.3, 0.4) is 0 Å². The van der Waals surface area contributed by atoms with Crippen LogP contribution in [0.2, 0.25) is 0 Å². The highest BCUT2D eigenvalue weighted by Gasteiger charge is 2.32. The van der Waals surface area contributed by atoms with Crippen molar-refractivity contribution in [2.75, 3.05) is 20.9 Å². The third kappa shape index (κ3) is 20.1. The van der Waals surface area contributed by atoms with Crippen molar-refractivity contribution in [1.82, 2.24) is 15.7 Å². The van der Waals surface area contributed by atoms with Gasteiger partial charge in [-0.1, -0.05) is 101 Å². The number of carbonyl (C=O) groups excluding carboxylic acids is 6. The number of benzene rings is 2. The highest BCUT2D eigenvalue weighted by atomic mass is 16.7. The molecule has 2 unspecified atom stereocenters. The molecule has 0 saturated carbocycles. The van der Waals surface area contributed by atoms with E-state index in [0.717, 1.165) is 55.1 Å². The van der Waals surface area contributed by atoms with E-state index in [4.69, 9.17) is 18.8 Å². The van der Waals surface area contributed by atoms with Crippen molar-refractivity contribution in [2.24, 2.45) is 11.8 Å². The summed E-state index contributed by atoms with van der Waals surface area (Å²) in [5, 5.41) is 6.77. The second kappa shape index (κ2) is 31.1. The van der Waals surface area contributed by atoms with Crippen LogP contribution in [-0.4, -0.2) is 68.9 Å². The van der Waals surface area contributed by atoms with Crippen LogP contribution in [0.1, 0.15) is 101 Å². The highest BCUT2D eigenvalue weighted by molar-refractivity contribution is 5.92. The number of aryl methyl sites for hydroxylation is 1. The lowest BCUT2D eigenvalue weighted by molar-refractivity contribution is -0.200. The lowest BCUT2D eigenvalue weighted by Gasteiger charge is -2.32. The molecule has 3 rings (SSSR count). The quantitative estimate of drug-likeness (QED) is 0.0394. The van der Waals surface area contributed by atoms with Crippen molar-refractivity contribution >= 4 is 37.0 Å². The zero-order valence-electron chi connectivity index (χ0n) is 33.7. The summed E-state index contributed by atoms with van der Waals surface area (Å²) in [7, 11) is 2.74. The number of rotatable bonds is 20. The number of nitrogens with one attached hydrogen (secondary N) is 2. The average molecular weight is 768 g/mol. The van der Waals surface area contributed by atoms with Crippen LogP contribution in [0.25, 0.3) is 11.3 Å². The first-order valence-electron chi connectivity index (χ1n) is 18.6. The molecule has 0 aliphatic rings. The maximum Gasteiger partial charge on any atom is 0.308 e. The Morgan fingerprint density at radius 3 is 2.02 bits per heavy atom. The molecule has 3 aromatic rings. The number of furan rings is 1. The summed E-state index contributed by atoms with van der Waals surface area (Å²) in [6.07, 6.45) is 7.12. The number of amides is 3. The molecule has 2 aromatic carbocycles. The minimum absolute atomic E-state index is 0.0647. The molecular weight excluding hydrogens is 706 g/mol. The summed E-state index contributed by atoms with van der Waals surface area (Å²) in [5.74, 6) is -0.379. The maximum absolute atomic E-state index is 13.3. The largest absolute Gasteiger partial charge is 0.471 e. The topological polar surface area (TPSA) is 171 Å². The highest BCUT2D eigenvalue weighted by Crippen LogP contribution is 2.24. The van der Waals surface area contributed by atoms with E-state index in [0.29, 0.717) is 31.5 Å². The summed E-state index contributed by atoms with van der Waals surface area (Å²) in [4.78, 5) is 72.2. The molecule has 0 spiro atoms. The lowest BCUT2D eigenvalue weighted by Crippen LogP contribution is -2.48. The monoisotopic (exact) mass is 767 g/mol. The van der Waals surface area contributed by atoms with Crippen LogP contribution in [0, 0.1) is 18.8 Å². The fourth-order valence-electron chi connectivity index (χ4n) is 5.31. The normalized spacial score (nSPS) is 11.0. The summed E-state index contributed by atoms with van der Waals surface area (Å²) in [6.45, 7) is 12.0. The van der Waals surface area contributed by atoms with Gasteiger partial charge in [0.2, 0.25) is 12.3 Å². The summed E-state index contributed by atoms with van der Waals surface area (Å²) >= 11 is 0. The zero-order valence-corrected chi connectivity index (χ0v) is 33.7. The predicted octanol–water partition coefficient (Wildman–Crippen LogP) is 7.21. The number of methoxy groups -OCH3 is 2. The van der Waals surface area contributed by atoms with Crippen molar-refractivity contribution < 1.29 is 47.5 Å². The van der Waals surface area contributed by atoms with E-state index >= 15 is 0 Å². The van der Waals surface area contributed by atoms with Gasteiger partial charge in [-0.15, -0.1) is 0 Å². The maximum atomic E-state index is 13.3. The fourth-order valence-corrected chi connectivity index (χ4v) is 5.31. The fraction of sp³-hybridized carbons (Fsp3) is 0.476. The number of hydrogen-bond donors (Lipinski definition) is 2. The van der Waals surface area contributed by atoms with Gasteiger partial charge in [-0.3, -0.25) is 28.8 Å². The minimum Gasteiger partial charge on any atom is -0.471 e. The Hall–Kier alpha value is -5.30. The van der Waals surface area contributed by atoms with Crippen LogP contribution in [0.15, 0.2) is 71.1 Å². The van der Waals surface area contributed by atoms with Crippen molar-refractivity contribution in [3.63, 3.8) is 0 Å². The van der Waals surface area contributed by atoms with Gasteiger partial charge in [-0.25, -0.2) is 5.06 Å². The molecule has 0 aliphatic carbocycles. The van der Waals surface area contributed by atoms with Gasteiger partial charge in [0.05, 0.1) is 38.8 Å². The standard InChI is InChI=1S/C31H39N3O5.C7H14O2.C2H4O2.C2H4O/c1-4-6-8-16-26(27(5-2)34(22-35)38-20-24-13-9-7-10-14-24)30(36)32-21-33-31(37)29-18-17-28(39-29)25-15-11-12-23(3)19-25;1-4-6(5-2)7(8)9-3;1-4-2-3;1-2-3/h7,9-15,17-19,22,26-27H,4-6,8,16,20-21H2,1-3H3,(H,32,36)(H,33,37);6H,4-5H2,1-3H3;2H,1H3;2H,1H3. The van der Waals surface area contributed by atoms with Gasteiger partial charge in [0.1, 0.15) is 18.7 Å². The number of aldehydes is 1. The lowest BCUT2D eigenvalue weighted by atomic mass is 9.90. The second-order valence-electron chi connectivity index (χ2n) is 12.2. The van der Waals surface area contributed by atoms with Crippen LogP contribution >= 0.6 is 0 Å². The van der Waals surface area contributed by atoms with E-state index in [9.17, 15) is 19.2 Å². The number of nitrogens with zero attached hydrogens (tertiary/aromatic N) is 1. The number of esters is 1. The smallest absolute Gasteiger partial charge is 0.308 e. The number of carbonyl (C=O) groups is 6. The molecule has 3 amide bonds. The molecule has 1 heterocycles. The number of hydrogen-bond acceptors (Lipinski definition) is 10. The van der Waals surface area contributed by atoms with Gasteiger partial charge in [0.25, 0.3) is 12.4 Å². The molecule has 0 aliphatic heterocycles. The first kappa shape index (κ1) is 49.7. The molecule has 13 heteroatoms. The third-order valence-corrected chi connectivity index (χ3v) is 8.25. The molecule has 0 radical (unpaired) electrons. The van der Waals surface area contributed by atoms with E-state index in [1.165, 1.54) is 26.2 Å². The molecule has 2 atom stereocenters. The number of hydroxylamine groups is 2. The molecule has 13 nitrogen and oxygen atoms in total. The molecule has 0 saturated heterocycles. The minimum atomic E-state index is -0.490. The Labute approximate surface area is 326 Å². The Balaban J connectivity index is 0.00000153. The second-order valence-corrected chi connectivity index (χ2v) is 12.2. The summed E-state index contributed by atoms with van der Waals surface area (Å²) in [5.41, 5.74) is 2.91. The van der Waals surface area contributed by atoms with Gasteiger partial charge < -0.3 is 29.3 Å². The van der Waals surface area contributed by atoms with Gasteiger partial charge in [-0.2, -0.15) is 0 Å². The summed E-state index contributed by atoms with van der Waals surface area (Å²) < 4.78 is 14.2. The van der Waals surface area contributed by atoms with Crippen molar-refractivity contribution in [3.8, 4) is 11.3 Å². The van der Waals surface area contributed by atoms with Gasteiger partial charge in [0, 0.05) is 5.56 Å². The number of unbranched alkanes of at least 4 members (excludes halogenated alkanes) is 2. The van der Waals surface area contributed by atoms with E-state index in [2.05, 4.69) is 27.0 Å². The first-order chi connectivity index (χ1) is 26.5. The van der Waals surface area contributed by atoms with Gasteiger partial charge in [-0.05, 0) is 63.3 Å². The molecular formula is C42H61N3O10. The van der Waals surface area contributed by atoms with Crippen LogP contribution < -0.4 is 10.6 Å². The molecule has 55 heavy (non-hydrogen) atoms. The first-order valence-corrected chi connectivity index (χ1v) is 18.6. The Bertz CT molecular complexity index is 1510. The number of ether oxygens (including phenoxy) is 2. The molecule has 304 valence electrons. The SMILES string of the molecule is CC=O.CCC(CC)C(=O)OC.CCCCCC(C(=O)NCNC(=O)c1ccc(-c2cccc(C)c2)o1)C(CC)N(C=O)OCc1ccccc1.COC=O. The molecule has 1 aromatic heterocycles. The van der Waals surface area contributed by atoms with Crippen LogP contribution in [0.4, 0.5) is 0 Å².